The van der Waals surface area contributed by atoms with Gasteiger partial charge in [0.2, 0.25) is 0 Å². The lowest BCUT2D eigenvalue weighted by Crippen LogP contribution is -2.03. The first-order valence-electron chi connectivity index (χ1n) is 6.62. The summed E-state index contributed by atoms with van der Waals surface area (Å²) in [7, 11) is 1.68. The molecule has 0 fully saturated rings. The van der Waals surface area contributed by atoms with Crippen molar-refractivity contribution in [1.29, 1.82) is 0 Å². The second-order valence-corrected chi connectivity index (χ2v) is 4.83. The summed E-state index contributed by atoms with van der Waals surface area (Å²) in [5.74, 6) is 0.837. The summed E-state index contributed by atoms with van der Waals surface area (Å²) in [4.78, 5) is 0. The van der Waals surface area contributed by atoms with E-state index in [0.29, 0.717) is 0 Å². The zero-order valence-electron chi connectivity index (χ0n) is 12.4. The van der Waals surface area contributed by atoms with E-state index in [9.17, 15) is 0 Å². The van der Waals surface area contributed by atoms with E-state index in [0.717, 1.165) is 22.7 Å². The highest BCUT2D eigenvalue weighted by atomic mass is 16.5. The number of nitrogens with one attached hydrogen (secondary N) is 1. The van der Waals surface area contributed by atoms with Crippen molar-refractivity contribution in [3.8, 4) is 5.75 Å². The summed E-state index contributed by atoms with van der Waals surface area (Å²) in [5, 5.41) is 4.46. The summed E-state index contributed by atoms with van der Waals surface area (Å²) in [6.45, 7) is 6.09. The van der Waals surface area contributed by atoms with Crippen molar-refractivity contribution < 1.29 is 4.74 Å². The van der Waals surface area contributed by atoms with Crippen LogP contribution < -0.4 is 10.2 Å². The zero-order valence-corrected chi connectivity index (χ0v) is 12.4. The number of hydrazone groups is 1. The Balaban J connectivity index is 2.27. The number of para-hydroxylation sites is 1. The number of anilines is 1. The Morgan fingerprint density at radius 3 is 2.55 bits per heavy atom. The first-order valence-corrected chi connectivity index (χ1v) is 6.62. The molecule has 0 radical (unpaired) electrons. The molecule has 20 heavy (non-hydrogen) atoms. The topological polar surface area (TPSA) is 33.6 Å². The average molecular weight is 268 g/mol. The van der Waals surface area contributed by atoms with Gasteiger partial charge in [0, 0.05) is 5.56 Å². The van der Waals surface area contributed by atoms with Crippen molar-refractivity contribution in [2.24, 2.45) is 5.10 Å². The van der Waals surface area contributed by atoms with Gasteiger partial charge in [-0.05, 0) is 44.5 Å². The molecule has 104 valence electrons. The van der Waals surface area contributed by atoms with Crippen LogP contribution in [0.2, 0.25) is 0 Å². The van der Waals surface area contributed by atoms with Crippen LogP contribution in [0.1, 0.15) is 23.6 Å². The fourth-order valence-electron chi connectivity index (χ4n) is 2.01. The van der Waals surface area contributed by atoms with Crippen LogP contribution in [0.25, 0.3) is 0 Å². The fraction of sp³-hybridized carbons (Fsp3) is 0.235. The van der Waals surface area contributed by atoms with Crippen LogP contribution in [0, 0.1) is 13.8 Å². The van der Waals surface area contributed by atoms with Crippen molar-refractivity contribution >= 4 is 11.4 Å². The van der Waals surface area contributed by atoms with Gasteiger partial charge in [-0.3, -0.25) is 5.43 Å². The van der Waals surface area contributed by atoms with Crippen LogP contribution in [-0.2, 0) is 0 Å². The smallest absolute Gasteiger partial charge is 0.127 e. The molecule has 2 rings (SSSR count). The Bertz CT molecular complexity index is 633. The van der Waals surface area contributed by atoms with Crippen LogP contribution in [-0.4, -0.2) is 12.8 Å². The van der Waals surface area contributed by atoms with Crippen molar-refractivity contribution in [3.05, 3.63) is 59.2 Å². The zero-order chi connectivity index (χ0) is 14.5. The lowest BCUT2D eigenvalue weighted by atomic mass is 10.1. The summed E-state index contributed by atoms with van der Waals surface area (Å²) in [6, 6.07) is 14.2. The molecule has 0 aliphatic rings. The van der Waals surface area contributed by atoms with Gasteiger partial charge in [0.25, 0.3) is 0 Å². The van der Waals surface area contributed by atoms with E-state index in [2.05, 4.69) is 36.5 Å². The molecule has 0 atom stereocenters. The Hall–Kier alpha value is -2.29. The van der Waals surface area contributed by atoms with Crippen LogP contribution in [0.4, 0.5) is 5.69 Å². The fourth-order valence-corrected chi connectivity index (χ4v) is 2.01. The quantitative estimate of drug-likeness (QED) is 0.667. The molecule has 3 nitrogen and oxygen atoms in total. The van der Waals surface area contributed by atoms with Gasteiger partial charge in [0.05, 0.1) is 18.5 Å². The van der Waals surface area contributed by atoms with Crippen molar-refractivity contribution in [2.75, 3.05) is 12.5 Å². The van der Waals surface area contributed by atoms with Gasteiger partial charge >= 0.3 is 0 Å². The number of methoxy groups -OCH3 is 1. The second-order valence-electron chi connectivity index (χ2n) is 4.83. The van der Waals surface area contributed by atoms with Gasteiger partial charge in [-0.1, -0.05) is 29.8 Å². The Morgan fingerprint density at radius 2 is 1.85 bits per heavy atom. The summed E-state index contributed by atoms with van der Waals surface area (Å²) >= 11 is 0. The highest BCUT2D eigenvalue weighted by Gasteiger charge is 2.06. The number of benzene rings is 2. The molecule has 0 saturated heterocycles. The SMILES string of the molecule is COc1ccc(C)cc1/C(C)=N\Nc1ccccc1C. The largest absolute Gasteiger partial charge is 0.496 e. The van der Waals surface area contributed by atoms with E-state index in [-0.39, 0.29) is 0 Å². The molecule has 1 N–H and O–H groups in total. The first kappa shape index (κ1) is 14.1. The maximum absolute atomic E-state index is 5.39. The lowest BCUT2D eigenvalue weighted by Gasteiger charge is -2.10. The van der Waals surface area contributed by atoms with E-state index in [4.69, 9.17) is 4.74 Å². The monoisotopic (exact) mass is 268 g/mol. The molecule has 2 aromatic rings. The van der Waals surface area contributed by atoms with Crippen LogP contribution in [0.3, 0.4) is 0 Å². The molecule has 0 unspecified atom stereocenters. The second kappa shape index (κ2) is 6.24. The number of hydrogen-bond acceptors (Lipinski definition) is 3. The van der Waals surface area contributed by atoms with E-state index >= 15 is 0 Å². The molecule has 3 heteroatoms. The van der Waals surface area contributed by atoms with E-state index in [1.54, 1.807) is 7.11 Å². The predicted molar refractivity (Wildman–Crippen MR) is 84.7 cm³/mol. The van der Waals surface area contributed by atoms with Gasteiger partial charge in [0.1, 0.15) is 5.75 Å². The van der Waals surface area contributed by atoms with E-state index in [1.807, 2.05) is 37.3 Å². The van der Waals surface area contributed by atoms with Crippen molar-refractivity contribution in [2.45, 2.75) is 20.8 Å². The van der Waals surface area contributed by atoms with Gasteiger partial charge in [-0.15, -0.1) is 0 Å². The molecule has 0 aromatic heterocycles. The third kappa shape index (κ3) is 3.18. The molecule has 0 amide bonds. The molecule has 0 aliphatic carbocycles. The molecule has 0 bridgehead atoms. The van der Waals surface area contributed by atoms with Gasteiger partial charge in [0.15, 0.2) is 0 Å². The lowest BCUT2D eigenvalue weighted by molar-refractivity contribution is 0.414. The number of ether oxygens (including phenoxy) is 1. The first-order chi connectivity index (χ1) is 9.61. The number of nitrogens with zero attached hydrogens (tertiary/aromatic N) is 1. The maximum atomic E-state index is 5.39. The maximum Gasteiger partial charge on any atom is 0.127 e. The summed E-state index contributed by atoms with van der Waals surface area (Å²) in [5.41, 5.74) is 8.39. The summed E-state index contributed by atoms with van der Waals surface area (Å²) < 4.78 is 5.39. The van der Waals surface area contributed by atoms with Gasteiger partial charge < -0.3 is 4.74 Å². The van der Waals surface area contributed by atoms with Crippen LogP contribution in [0.5, 0.6) is 5.75 Å². The molecular formula is C17H20N2O. The van der Waals surface area contributed by atoms with E-state index in [1.165, 1.54) is 11.1 Å². The minimum atomic E-state index is 0.837. The van der Waals surface area contributed by atoms with Gasteiger partial charge in [-0.2, -0.15) is 5.10 Å². The average Bonchev–Trinajstić information content (AvgIpc) is 2.46. The highest BCUT2D eigenvalue weighted by molar-refractivity contribution is 6.01. The number of hydrogen-bond donors (Lipinski definition) is 1. The molecule has 2 aromatic carbocycles. The van der Waals surface area contributed by atoms with Crippen molar-refractivity contribution in [3.63, 3.8) is 0 Å². The molecule has 0 spiro atoms. The normalized spacial score (nSPS) is 11.3. The Kier molecular flexibility index (Phi) is 4.41. The van der Waals surface area contributed by atoms with Crippen LogP contribution in [0.15, 0.2) is 47.6 Å². The predicted octanol–water partition coefficient (Wildman–Crippen LogP) is 4.15. The number of aryl methyl sites for hydroxylation is 2. The van der Waals surface area contributed by atoms with Gasteiger partial charge in [-0.25, -0.2) is 0 Å². The minimum Gasteiger partial charge on any atom is -0.496 e. The summed E-state index contributed by atoms with van der Waals surface area (Å²) in [6.07, 6.45) is 0. The molecule has 0 aliphatic heterocycles. The Labute approximate surface area is 120 Å². The highest BCUT2D eigenvalue weighted by Crippen LogP contribution is 2.21. The Morgan fingerprint density at radius 1 is 1.10 bits per heavy atom. The van der Waals surface area contributed by atoms with Crippen LogP contribution >= 0.6 is 0 Å². The van der Waals surface area contributed by atoms with E-state index < -0.39 is 0 Å². The van der Waals surface area contributed by atoms with Crippen molar-refractivity contribution in [1.82, 2.24) is 0 Å². The molecular weight excluding hydrogens is 248 g/mol. The molecule has 0 saturated carbocycles. The molecule has 0 heterocycles. The number of rotatable bonds is 4. The third-order valence-electron chi connectivity index (χ3n) is 3.23. The standard InChI is InChI=1S/C17H20N2O/c1-12-9-10-17(20-4)15(11-12)14(3)18-19-16-8-6-5-7-13(16)2/h5-11,19H,1-4H3/b18-14-. The third-order valence-corrected chi connectivity index (χ3v) is 3.23. The minimum absolute atomic E-state index is 0.837.